The van der Waals surface area contributed by atoms with Crippen molar-refractivity contribution in [1.29, 1.82) is 0 Å². The number of methoxy groups -OCH3 is 1. The maximum Gasteiger partial charge on any atom is 0.407 e. The van der Waals surface area contributed by atoms with Gasteiger partial charge in [0.15, 0.2) is 0 Å². The number of fused-ring (bicyclic) bond motifs is 3. The van der Waals surface area contributed by atoms with Gasteiger partial charge in [0, 0.05) is 26.0 Å². The minimum Gasteiger partial charge on any atom is -0.480 e. The van der Waals surface area contributed by atoms with Crippen molar-refractivity contribution in [2.75, 3.05) is 20.3 Å². The second-order valence-corrected chi connectivity index (χ2v) is 8.79. The molecular weight excluding hydrogens is 436 g/mol. The molecule has 2 amide bonds. The quantitative estimate of drug-likeness (QED) is 0.465. The normalized spacial score (nSPS) is 14.1. The monoisotopic (exact) mass is 468 g/mol. The molecule has 8 heteroatoms. The van der Waals surface area contributed by atoms with Gasteiger partial charge in [-0.05, 0) is 34.6 Å². The van der Waals surface area contributed by atoms with Gasteiger partial charge < -0.3 is 25.2 Å². The van der Waals surface area contributed by atoms with E-state index in [1.807, 2.05) is 50.2 Å². The van der Waals surface area contributed by atoms with Crippen LogP contribution in [0.5, 0.6) is 0 Å². The number of ether oxygens (including phenoxy) is 2. The maximum absolute atomic E-state index is 12.4. The zero-order chi connectivity index (χ0) is 24.7. The highest BCUT2D eigenvalue weighted by Crippen LogP contribution is 2.44. The Bertz CT molecular complexity index is 976. The Balaban J connectivity index is 1.49. The molecule has 0 radical (unpaired) electrons. The van der Waals surface area contributed by atoms with Crippen LogP contribution in [0.3, 0.4) is 0 Å². The van der Waals surface area contributed by atoms with Crippen LogP contribution in [0.2, 0.25) is 0 Å². The summed E-state index contributed by atoms with van der Waals surface area (Å²) < 4.78 is 10.7. The van der Waals surface area contributed by atoms with Crippen LogP contribution >= 0.6 is 0 Å². The van der Waals surface area contributed by atoms with E-state index < -0.39 is 30.1 Å². The summed E-state index contributed by atoms with van der Waals surface area (Å²) in [6.45, 7) is 4.11. The minimum absolute atomic E-state index is 0.0374. The van der Waals surface area contributed by atoms with E-state index in [0.717, 1.165) is 22.3 Å². The molecule has 1 aliphatic carbocycles. The zero-order valence-corrected chi connectivity index (χ0v) is 19.7. The lowest BCUT2D eigenvalue weighted by Gasteiger charge is -2.21. The van der Waals surface area contributed by atoms with Gasteiger partial charge in [-0.15, -0.1) is 0 Å². The maximum atomic E-state index is 12.4. The van der Waals surface area contributed by atoms with E-state index in [4.69, 9.17) is 9.47 Å². The molecule has 0 spiro atoms. The molecule has 0 saturated carbocycles. The number of carboxylic acid groups (broad SMARTS) is 1. The Morgan fingerprint density at radius 3 is 2.12 bits per heavy atom. The van der Waals surface area contributed by atoms with E-state index in [9.17, 15) is 19.5 Å². The first kappa shape index (κ1) is 25.2. The van der Waals surface area contributed by atoms with Crippen LogP contribution in [-0.2, 0) is 19.1 Å². The van der Waals surface area contributed by atoms with Crippen LogP contribution in [-0.4, -0.2) is 55.5 Å². The second-order valence-electron chi connectivity index (χ2n) is 8.79. The minimum atomic E-state index is -1.09. The molecule has 1 aliphatic rings. The van der Waals surface area contributed by atoms with Gasteiger partial charge in [0.1, 0.15) is 18.8 Å². The highest BCUT2D eigenvalue weighted by molar-refractivity contribution is 5.86. The topological polar surface area (TPSA) is 114 Å². The van der Waals surface area contributed by atoms with E-state index >= 15 is 0 Å². The molecule has 8 nitrogen and oxygen atoms in total. The van der Waals surface area contributed by atoms with Gasteiger partial charge in [-0.1, -0.05) is 62.4 Å². The number of alkyl carbamates (subject to hydrolysis) is 1. The van der Waals surface area contributed by atoms with Gasteiger partial charge in [-0.3, -0.25) is 4.79 Å². The van der Waals surface area contributed by atoms with Crippen LogP contribution in [0, 0.1) is 5.92 Å². The largest absolute Gasteiger partial charge is 0.480 e. The van der Waals surface area contributed by atoms with Crippen LogP contribution in [0.4, 0.5) is 4.79 Å². The molecule has 2 aromatic carbocycles. The van der Waals surface area contributed by atoms with Crippen molar-refractivity contribution in [3.8, 4) is 11.1 Å². The summed E-state index contributed by atoms with van der Waals surface area (Å²) >= 11 is 0. The van der Waals surface area contributed by atoms with E-state index in [2.05, 4.69) is 22.8 Å². The van der Waals surface area contributed by atoms with E-state index in [-0.39, 0.29) is 31.4 Å². The van der Waals surface area contributed by atoms with E-state index in [0.29, 0.717) is 6.42 Å². The highest BCUT2D eigenvalue weighted by atomic mass is 16.5. The molecule has 0 bridgehead atoms. The predicted octanol–water partition coefficient (Wildman–Crippen LogP) is 3.55. The summed E-state index contributed by atoms with van der Waals surface area (Å²) in [4.78, 5) is 36.1. The fourth-order valence-electron chi connectivity index (χ4n) is 4.27. The summed E-state index contributed by atoms with van der Waals surface area (Å²) in [6.07, 6.45) is -0.973. The average molecular weight is 469 g/mol. The average Bonchev–Trinajstić information content (AvgIpc) is 3.13. The third kappa shape index (κ3) is 6.14. The number of carbonyl (C=O) groups is 3. The van der Waals surface area contributed by atoms with E-state index in [1.165, 1.54) is 7.11 Å². The number of aliphatic carboxylic acids is 1. The lowest BCUT2D eigenvalue weighted by Crippen LogP contribution is -2.47. The summed E-state index contributed by atoms with van der Waals surface area (Å²) in [5, 5.41) is 14.5. The second kappa shape index (κ2) is 11.7. The van der Waals surface area contributed by atoms with Crippen molar-refractivity contribution >= 4 is 18.0 Å². The van der Waals surface area contributed by atoms with Gasteiger partial charge in [0.25, 0.3) is 0 Å². The number of carboxylic acids is 1. The fourth-order valence-corrected chi connectivity index (χ4v) is 4.27. The highest BCUT2D eigenvalue weighted by Gasteiger charge is 2.29. The van der Waals surface area contributed by atoms with Crippen molar-refractivity contribution < 1.29 is 29.0 Å². The lowest BCUT2D eigenvalue weighted by molar-refractivity contribution is -0.144. The molecule has 2 unspecified atom stereocenters. The molecule has 0 fully saturated rings. The van der Waals surface area contributed by atoms with Crippen molar-refractivity contribution in [3.05, 3.63) is 59.7 Å². The van der Waals surface area contributed by atoms with Crippen LogP contribution in [0.1, 0.15) is 43.7 Å². The molecule has 3 rings (SSSR count). The number of rotatable bonds is 11. The molecule has 34 heavy (non-hydrogen) atoms. The Morgan fingerprint density at radius 1 is 1.00 bits per heavy atom. The fraction of sp³-hybridized carbons (Fsp3) is 0.423. The van der Waals surface area contributed by atoms with Crippen molar-refractivity contribution in [2.24, 2.45) is 5.92 Å². The lowest BCUT2D eigenvalue weighted by atomic mass is 9.98. The Kier molecular flexibility index (Phi) is 8.65. The van der Waals surface area contributed by atoms with Crippen molar-refractivity contribution in [2.45, 2.75) is 44.8 Å². The number of amides is 2. The summed E-state index contributed by atoms with van der Waals surface area (Å²) in [6, 6.07) is 15.2. The van der Waals surface area contributed by atoms with Gasteiger partial charge in [-0.2, -0.15) is 0 Å². The Morgan fingerprint density at radius 2 is 1.59 bits per heavy atom. The summed E-state index contributed by atoms with van der Waals surface area (Å²) in [7, 11) is 1.37. The van der Waals surface area contributed by atoms with Gasteiger partial charge in [0.05, 0.1) is 0 Å². The molecule has 3 N–H and O–H groups in total. The summed E-state index contributed by atoms with van der Waals surface area (Å²) in [5.41, 5.74) is 4.56. The van der Waals surface area contributed by atoms with Crippen molar-refractivity contribution in [1.82, 2.24) is 10.6 Å². The first-order valence-corrected chi connectivity index (χ1v) is 11.5. The number of hydrogen-bond acceptors (Lipinski definition) is 5. The first-order chi connectivity index (χ1) is 16.3. The predicted molar refractivity (Wildman–Crippen MR) is 128 cm³/mol. The molecule has 0 heterocycles. The Labute approximate surface area is 199 Å². The number of nitrogens with one attached hydrogen (secondary N) is 2. The molecule has 0 aliphatic heterocycles. The third-order valence-corrected chi connectivity index (χ3v) is 5.92. The Hall–Kier alpha value is -3.39. The number of hydrogen-bond donors (Lipinski definition) is 3. The van der Waals surface area contributed by atoms with Crippen LogP contribution in [0.25, 0.3) is 11.1 Å². The standard InChI is InChI=1S/C26H32N2O6/c1-16(2)14-22(25(30)31)28-24(29)23(33-3)12-13-27-26(32)34-15-21-19-10-6-4-8-17(19)18-9-5-7-11-20(18)21/h4-11,16,21-23H,12-15H2,1-3H3,(H,27,32)(H,28,29)(H,30,31). The molecule has 2 atom stereocenters. The third-order valence-electron chi connectivity index (χ3n) is 5.92. The van der Waals surface area contributed by atoms with Gasteiger partial charge >= 0.3 is 12.1 Å². The van der Waals surface area contributed by atoms with Crippen LogP contribution < -0.4 is 10.6 Å². The summed E-state index contributed by atoms with van der Waals surface area (Å²) in [5.74, 6) is -1.54. The smallest absolute Gasteiger partial charge is 0.407 e. The number of carbonyl (C=O) groups excluding carboxylic acids is 2. The SMILES string of the molecule is COC(CCNC(=O)OCC1c2ccccc2-c2ccccc21)C(=O)NC(CC(C)C)C(=O)O. The molecule has 182 valence electrons. The molecule has 0 aromatic heterocycles. The van der Waals surface area contributed by atoms with Gasteiger partial charge in [-0.25, -0.2) is 9.59 Å². The van der Waals surface area contributed by atoms with Crippen LogP contribution in [0.15, 0.2) is 48.5 Å². The zero-order valence-electron chi connectivity index (χ0n) is 19.7. The number of benzene rings is 2. The van der Waals surface area contributed by atoms with E-state index in [1.54, 1.807) is 0 Å². The van der Waals surface area contributed by atoms with Gasteiger partial charge in [0.2, 0.25) is 5.91 Å². The molecule has 0 saturated heterocycles. The molecular formula is C26H32N2O6. The van der Waals surface area contributed by atoms with Crippen molar-refractivity contribution in [3.63, 3.8) is 0 Å². The molecule has 2 aromatic rings. The first-order valence-electron chi connectivity index (χ1n) is 11.5.